The Balaban J connectivity index is 1.54. The van der Waals surface area contributed by atoms with Gasteiger partial charge in [-0.2, -0.15) is 0 Å². The lowest BCUT2D eigenvalue weighted by Crippen LogP contribution is -2.65. The number of amides is 1. The van der Waals surface area contributed by atoms with E-state index in [1.165, 1.54) is 6.92 Å². The van der Waals surface area contributed by atoms with Gasteiger partial charge in [0, 0.05) is 26.2 Å². The highest BCUT2D eigenvalue weighted by Gasteiger charge is 2.52. The number of aliphatic hydroxyl groups excluding tert-OH is 1. The van der Waals surface area contributed by atoms with Gasteiger partial charge in [-0.05, 0) is 29.2 Å². The molecule has 0 aliphatic carbocycles. The topological polar surface area (TPSA) is 110 Å². The van der Waals surface area contributed by atoms with Gasteiger partial charge in [0.2, 0.25) is 0 Å². The Kier molecular flexibility index (Phi) is 13.9. The number of hydrogen-bond donors (Lipinski definition) is 3. The highest BCUT2D eigenvalue weighted by molar-refractivity contribution is 5.82. The van der Waals surface area contributed by atoms with Gasteiger partial charge in [0.05, 0.1) is 39.1 Å². The number of rotatable bonds is 18. The maximum atomic E-state index is 14.5. The Hall–Kier alpha value is -3.93. The molecular formula is C40H48N2O7. The molecule has 3 N–H and O–H groups in total. The van der Waals surface area contributed by atoms with Crippen LogP contribution in [-0.2, 0) is 50.2 Å². The minimum absolute atomic E-state index is 0.0810. The van der Waals surface area contributed by atoms with E-state index in [0.29, 0.717) is 26.2 Å². The summed E-state index contributed by atoms with van der Waals surface area (Å²) in [5, 5.41) is 27.2. The van der Waals surface area contributed by atoms with Gasteiger partial charge in [-0.1, -0.05) is 121 Å². The quantitative estimate of drug-likeness (QED) is 0.142. The summed E-state index contributed by atoms with van der Waals surface area (Å²) < 4.78 is 25.9. The van der Waals surface area contributed by atoms with Crippen molar-refractivity contribution in [3.05, 3.63) is 144 Å². The molecule has 49 heavy (non-hydrogen) atoms. The fraction of sp³-hybridized carbons (Fsp3) is 0.375. The van der Waals surface area contributed by atoms with Crippen molar-refractivity contribution >= 4 is 5.91 Å². The zero-order valence-electron chi connectivity index (χ0n) is 28.1. The van der Waals surface area contributed by atoms with Crippen LogP contribution in [-0.4, -0.2) is 83.8 Å². The van der Waals surface area contributed by atoms with Gasteiger partial charge in [-0.15, -0.1) is 0 Å². The largest absolute Gasteiger partial charge is 0.390 e. The van der Waals surface area contributed by atoms with Crippen molar-refractivity contribution < 1.29 is 34.0 Å². The van der Waals surface area contributed by atoms with Crippen LogP contribution in [0, 0.1) is 0 Å². The molecule has 0 spiro atoms. The molecule has 0 saturated carbocycles. The summed E-state index contributed by atoms with van der Waals surface area (Å²) in [6, 6.07) is 38.4. The number of ether oxygens (including phenoxy) is 4. The Morgan fingerprint density at radius 3 is 1.59 bits per heavy atom. The molecule has 260 valence electrons. The second-order valence-electron chi connectivity index (χ2n) is 12.4. The minimum atomic E-state index is -2.01. The smallest absolute Gasteiger partial charge is 0.254 e. The summed E-state index contributed by atoms with van der Waals surface area (Å²) in [6.45, 7) is 3.99. The first-order valence-electron chi connectivity index (χ1n) is 16.9. The van der Waals surface area contributed by atoms with Gasteiger partial charge in [0.25, 0.3) is 5.91 Å². The number of benzene rings is 4. The van der Waals surface area contributed by atoms with Gasteiger partial charge in [-0.25, -0.2) is 0 Å². The summed E-state index contributed by atoms with van der Waals surface area (Å²) in [6.07, 6.45) is -4.95. The maximum Gasteiger partial charge on any atom is 0.254 e. The highest BCUT2D eigenvalue weighted by Crippen LogP contribution is 2.30. The molecule has 0 bridgehead atoms. The Bertz CT molecular complexity index is 1510. The molecule has 4 aromatic carbocycles. The maximum absolute atomic E-state index is 14.5. The molecule has 1 aliphatic heterocycles. The Morgan fingerprint density at radius 2 is 1.12 bits per heavy atom. The number of hydrogen-bond acceptors (Lipinski definition) is 8. The average molecular weight is 669 g/mol. The summed E-state index contributed by atoms with van der Waals surface area (Å²) >= 11 is 0. The Labute approximate surface area is 289 Å². The highest BCUT2D eigenvalue weighted by atomic mass is 16.6. The average Bonchev–Trinajstić information content (AvgIpc) is 3.15. The Morgan fingerprint density at radius 1 is 0.694 bits per heavy atom. The van der Waals surface area contributed by atoms with Crippen LogP contribution in [0.15, 0.2) is 121 Å². The van der Waals surface area contributed by atoms with E-state index < -0.39 is 30.0 Å². The molecule has 0 radical (unpaired) electrons. The third kappa shape index (κ3) is 10.5. The van der Waals surface area contributed by atoms with Gasteiger partial charge < -0.3 is 39.4 Å². The van der Waals surface area contributed by atoms with Crippen LogP contribution in [0.1, 0.15) is 29.2 Å². The first kappa shape index (κ1) is 36.4. The van der Waals surface area contributed by atoms with Crippen molar-refractivity contribution in [2.24, 2.45) is 0 Å². The van der Waals surface area contributed by atoms with Crippen molar-refractivity contribution in [3.8, 4) is 0 Å². The second-order valence-corrected chi connectivity index (χ2v) is 12.4. The lowest BCUT2D eigenvalue weighted by molar-refractivity contribution is -0.246. The third-order valence-corrected chi connectivity index (χ3v) is 8.76. The van der Waals surface area contributed by atoms with Crippen molar-refractivity contribution in [1.29, 1.82) is 0 Å². The minimum Gasteiger partial charge on any atom is -0.390 e. The number of carbonyl (C=O) groups is 1. The van der Waals surface area contributed by atoms with E-state index >= 15 is 0 Å². The van der Waals surface area contributed by atoms with Gasteiger partial charge in [0.15, 0.2) is 6.10 Å². The van der Waals surface area contributed by atoms with Crippen LogP contribution in [0.3, 0.4) is 0 Å². The van der Waals surface area contributed by atoms with Crippen LogP contribution in [0.5, 0.6) is 0 Å². The predicted molar refractivity (Wildman–Crippen MR) is 187 cm³/mol. The van der Waals surface area contributed by atoms with Crippen LogP contribution >= 0.6 is 0 Å². The lowest BCUT2D eigenvalue weighted by atomic mass is 9.85. The second kappa shape index (κ2) is 18.7. The fourth-order valence-corrected chi connectivity index (χ4v) is 5.86. The molecule has 5 atom stereocenters. The van der Waals surface area contributed by atoms with Crippen LogP contribution in [0.2, 0.25) is 0 Å². The molecule has 1 aliphatic rings. The van der Waals surface area contributed by atoms with Crippen molar-refractivity contribution in [2.45, 2.75) is 63.4 Å². The molecule has 9 heteroatoms. The van der Waals surface area contributed by atoms with Crippen molar-refractivity contribution in [3.63, 3.8) is 0 Å². The first-order valence-corrected chi connectivity index (χ1v) is 16.9. The van der Waals surface area contributed by atoms with Crippen LogP contribution in [0.4, 0.5) is 0 Å². The molecule has 1 fully saturated rings. The molecule has 1 saturated heterocycles. The van der Waals surface area contributed by atoms with E-state index in [1.54, 1.807) is 4.90 Å². The van der Waals surface area contributed by atoms with Crippen LogP contribution in [0.25, 0.3) is 0 Å². The standard InChI is InChI=1S/C40H48N2O7/c1-31(43)40(45,30-46-26-32-14-6-2-7-15-32)38(49-29-35-20-12-5-13-21-35)36(47-27-33-16-8-3-9-17-33)37(39(44)42-24-22-41-23-25-42)48-28-34-18-10-4-11-19-34/h2-21,31,36-38,41,43,45H,22-30H2,1H3/t31-,36-,37-,38+,40?/m1/s1. The fourth-order valence-electron chi connectivity index (χ4n) is 5.86. The first-order chi connectivity index (χ1) is 23.9. The predicted octanol–water partition coefficient (Wildman–Crippen LogP) is 4.50. The van der Waals surface area contributed by atoms with Gasteiger partial charge >= 0.3 is 0 Å². The third-order valence-electron chi connectivity index (χ3n) is 8.76. The molecule has 1 amide bonds. The summed E-state index contributed by atoms with van der Waals surface area (Å²) in [5.41, 5.74) is 1.49. The van der Waals surface area contributed by atoms with E-state index in [1.807, 2.05) is 121 Å². The number of carbonyl (C=O) groups excluding carboxylic acids is 1. The number of nitrogens with zero attached hydrogens (tertiary/aromatic N) is 1. The van der Waals surface area contributed by atoms with Crippen molar-refractivity contribution in [1.82, 2.24) is 10.2 Å². The summed E-state index contributed by atoms with van der Waals surface area (Å²) in [7, 11) is 0. The molecule has 1 heterocycles. The van der Waals surface area contributed by atoms with E-state index in [0.717, 1.165) is 22.3 Å². The molecule has 5 rings (SSSR count). The molecule has 1 unspecified atom stereocenters. The molecule has 9 nitrogen and oxygen atoms in total. The van der Waals surface area contributed by atoms with Gasteiger partial charge in [-0.3, -0.25) is 4.79 Å². The lowest BCUT2D eigenvalue weighted by Gasteiger charge is -2.44. The van der Waals surface area contributed by atoms with Crippen LogP contribution < -0.4 is 5.32 Å². The van der Waals surface area contributed by atoms with E-state index in [2.05, 4.69) is 5.32 Å². The zero-order valence-corrected chi connectivity index (χ0v) is 28.1. The SMILES string of the molecule is C[C@@H](O)C(O)(COCc1ccccc1)[C@@H](OCc1ccccc1)[C@H](OCc1ccccc1)[C@@H](OCc1ccccc1)C(=O)N1CCNCC1. The number of aliphatic hydroxyl groups is 2. The normalized spacial score (nSPS) is 17.1. The molecule has 0 aromatic heterocycles. The monoisotopic (exact) mass is 668 g/mol. The summed E-state index contributed by atoms with van der Waals surface area (Å²) in [4.78, 5) is 16.3. The van der Waals surface area contributed by atoms with E-state index in [9.17, 15) is 15.0 Å². The summed E-state index contributed by atoms with van der Waals surface area (Å²) in [5.74, 6) is -0.276. The molecular weight excluding hydrogens is 620 g/mol. The zero-order chi connectivity index (χ0) is 34.3. The number of piperazine rings is 1. The molecule has 4 aromatic rings. The number of nitrogens with one attached hydrogen (secondary N) is 1. The van der Waals surface area contributed by atoms with E-state index in [4.69, 9.17) is 18.9 Å². The van der Waals surface area contributed by atoms with Crippen molar-refractivity contribution in [2.75, 3.05) is 32.8 Å². The van der Waals surface area contributed by atoms with E-state index in [-0.39, 0.29) is 38.9 Å². The van der Waals surface area contributed by atoms with Gasteiger partial charge in [0.1, 0.15) is 17.8 Å².